The van der Waals surface area contributed by atoms with Crippen molar-refractivity contribution in [3.8, 4) is 0 Å². The second-order valence-electron chi connectivity index (χ2n) is 11.1. The van der Waals surface area contributed by atoms with Crippen molar-refractivity contribution in [1.82, 2.24) is 10.2 Å². The van der Waals surface area contributed by atoms with E-state index in [-0.39, 0.29) is 25.3 Å². The minimum Gasteiger partial charge on any atom is -0.391 e. The lowest BCUT2D eigenvalue weighted by atomic mass is 9.63. The summed E-state index contributed by atoms with van der Waals surface area (Å²) in [5.41, 5.74) is 6.09. The molecule has 0 radical (unpaired) electrons. The second-order valence-corrected chi connectivity index (χ2v) is 11.1. The first-order valence-electron chi connectivity index (χ1n) is 14.5. The first-order valence-corrected chi connectivity index (χ1v) is 14.5. The van der Waals surface area contributed by atoms with Crippen molar-refractivity contribution in [2.75, 3.05) is 19.6 Å². The van der Waals surface area contributed by atoms with Crippen molar-refractivity contribution < 1.29 is 27.9 Å². The fourth-order valence-electron chi connectivity index (χ4n) is 5.81. The van der Waals surface area contributed by atoms with Crippen molar-refractivity contribution >= 4 is 11.8 Å². The number of nitrogens with one attached hydrogen (secondary N) is 1. The summed E-state index contributed by atoms with van der Waals surface area (Å²) >= 11 is 0. The van der Waals surface area contributed by atoms with E-state index < -0.39 is 35.1 Å². The van der Waals surface area contributed by atoms with Crippen LogP contribution in [0.25, 0.3) is 0 Å². The molecule has 2 aromatic carbocycles. The Morgan fingerprint density at radius 1 is 1.05 bits per heavy atom. The third kappa shape index (κ3) is 8.32. The molecule has 9 heteroatoms. The van der Waals surface area contributed by atoms with Crippen LogP contribution in [0.15, 0.2) is 77.9 Å². The standard InChI is InChI=1S/C33H42F3N3O3/c1-4-14-39(15-5-2)30(41)26-16-23(3)19-32(20-26,31(37)42)28(18-25-12-9-13-27(17-25)33(34,35)36)29(40)22-38-21-24-10-7-6-8-11-24/h6-13,16-17,19,28-29,38,40H,4-5,14-15,18,20-22H2,1-3H3,(H2,37,42)/t28-,29+,32?/m1/s1. The van der Waals surface area contributed by atoms with Crippen LogP contribution in [0, 0.1) is 11.3 Å². The number of allylic oxidation sites excluding steroid dienone is 2. The predicted octanol–water partition coefficient (Wildman–Crippen LogP) is 5.41. The van der Waals surface area contributed by atoms with Crippen molar-refractivity contribution in [2.45, 2.75) is 65.3 Å². The lowest BCUT2D eigenvalue weighted by Gasteiger charge is -2.42. The van der Waals surface area contributed by atoms with E-state index in [1.165, 1.54) is 6.07 Å². The zero-order valence-electron chi connectivity index (χ0n) is 24.6. The summed E-state index contributed by atoms with van der Waals surface area (Å²) in [6, 6.07) is 14.4. The molecule has 0 saturated carbocycles. The number of nitrogens with two attached hydrogens (primary N) is 1. The molecule has 2 amide bonds. The molecule has 42 heavy (non-hydrogen) atoms. The lowest BCUT2D eigenvalue weighted by molar-refractivity contribution is -0.138. The van der Waals surface area contributed by atoms with Crippen molar-refractivity contribution in [2.24, 2.45) is 17.1 Å². The van der Waals surface area contributed by atoms with E-state index in [9.17, 15) is 27.9 Å². The Kier molecular flexibility index (Phi) is 11.5. The summed E-state index contributed by atoms with van der Waals surface area (Å²) in [5, 5.41) is 14.8. The van der Waals surface area contributed by atoms with Crippen LogP contribution in [0.4, 0.5) is 13.2 Å². The van der Waals surface area contributed by atoms with Crippen LogP contribution in [0.5, 0.6) is 0 Å². The molecule has 3 atom stereocenters. The van der Waals surface area contributed by atoms with Crippen LogP contribution < -0.4 is 11.1 Å². The fraction of sp³-hybridized carbons (Fsp3) is 0.455. The van der Waals surface area contributed by atoms with Gasteiger partial charge in [0.15, 0.2) is 0 Å². The van der Waals surface area contributed by atoms with E-state index in [0.717, 1.165) is 30.5 Å². The molecule has 0 bridgehead atoms. The number of nitrogens with zero attached hydrogens (tertiary/aromatic N) is 1. The Morgan fingerprint density at radius 3 is 2.29 bits per heavy atom. The number of aliphatic hydroxyl groups is 1. The lowest BCUT2D eigenvalue weighted by Crippen LogP contribution is -2.51. The van der Waals surface area contributed by atoms with Gasteiger partial charge in [0.05, 0.1) is 17.1 Å². The number of rotatable bonds is 14. The number of alkyl halides is 3. The minimum atomic E-state index is -4.55. The number of aliphatic hydroxyl groups excluding tert-OH is 1. The number of halogens is 3. The van der Waals surface area contributed by atoms with Crippen molar-refractivity contribution in [3.05, 3.63) is 94.6 Å². The van der Waals surface area contributed by atoms with Crippen LogP contribution >= 0.6 is 0 Å². The van der Waals surface area contributed by atoms with Gasteiger partial charge in [0.25, 0.3) is 0 Å². The number of hydrogen-bond donors (Lipinski definition) is 3. The molecule has 4 N–H and O–H groups in total. The normalized spacial score (nSPS) is 18.5. The Morgan fingerprint density at radius 2 is 1.69 bits per heavy atom. The highest BCUT2D eigenvalue weighted by Gasteiger charge is 2.48. The first kappa shape index (κ1) is 33.1. The Balaban J connectivity index is 2.01. The molecule has 1 aliphatic rings. The van der Waals surface area contributed by atoms with Gasteiger partial charge in [-0.05, 0) is 49.8 Å². The summed E-state index contributed by atoms with van der Waals surface area (Å²) in [6.07, 6.45) is -0.886. The summed E-state index contributed by atoms with van der Waals surface area (Å²) in [4.78, 5) is 28.8. The largest absolute Gasteiger partial charge is 0.416 e. The van der Waals surface area contributed by atoms with Crippen LogP contribution in [0.2, 0.25) is 0 Å². The topological polar surface area (TPSA) is 95.7 Å². The van der Waals surface area contributed by atoms with E-state index >= 15 is 0 Å². The molecule has 6 nitrogen and oxygen atoms in total. The van der Waals surface area contributed by atoms with Crippen molar-refractivity contribution in [1.29, 1.82) is 0 Å². The van der Waals surface area contributed by atoms with Crippen molar-refractivity contribution in [3.63, 3.8) is 0 Å². The van der Waals surface area contributed by atoms with E-state index in [4.69, 9.17) is 5.73 Å². The Bertz CT molecular complexity index is 1270. The summed E-state index contributed by atoms with van der Waals surface area (Å²) in [7, 11) is 0. The predicted molar refractivity (Wildman–Crippen MR) is 158 cm³/mol. The highest BCUT2D eigenvalue weighted by atomic mass is 19.4. The van der Waals surface area contributed by atoms with Gasteiger partial charge in [-0.1, -0.05) is 80.1 Å². The molecule has 228 valence electrons. The average Bonchev–Trinajstić information content (AvgIpc) is 2.95. The van der Waals surface area contributed by atoms with Gasteiger partial charge < -0.3 is 21.1 Å². The van der Waals surface area contributed by atoms with Crippen LogP contribution in [-0.4, -0.2) is 47.6 Å². The number of benzene rings is 2. The van der Waals surface area contributed by atoms with Gasteiger partial charge in [0.2, 0.25) is 11.8 Å². The van der Waals surface area contributed by atoms with Crippen LogP contribution in [0.1, 0.15) is 56.7 Å². The zero-order chi connectivity index (χ0) is 30.9. The number of amides is 2. The van der Waals surface area contributed by atoms with Gasteiger partial charge in [-0.15, -0.1) is 0 Å². The molecular formula is C33H42F3N3O3. The highest BCUT2D eigenvalue weighted by Crippen LogP contribution is 2.44. The number of carbonyl (C=O) groups excluding carboxylic acids is 2. The maximum absolute atomic E-state index is 13.6. The smallest absolute Gasteiger partial charge is 0.391 e. The van der Waals surface area contributed by atoms with Gasteiger partial charge in [-0.2, -0.15) is 13.2 Å². The summed E-state index contributed by atoms with van der Waals surface area (Å²) in [5.74, 6) is -1.86. The Labute approximate surface area is 246 Å². The van der Waals surface area contributed by atoms with E-state index in [2.05, 4.69) is 5.32 Å². The Hall–Kier alpha value is -3.43. The third-order valence-corrected chi connectivity index (χ3v) is 7.74. The molecular weight excluding hydrogens is 543 g/mol. The van der Waals surface area contributed by atoms with Gasteiger partial charge in [0.1, 0.15) is 0 Å². The summed E-state index contributed by atoms with van der Waals surface area (Å²) < 4.78 is 40.6. The van der Waals surface area contributed by atoms with Gasteiger partial charge in [-0.3, -0.25) is 9.59 Å². The van der Waals surface area contributed by atoms with Gasteiger partial charge in [-0.25, -0.2) is 0 Å². The first-order chi connectivity index (χ1) is 19.9. The van der Waals surface area contributed by atoms with E-state index in [1.807, 2.05) is 44.2 Å². The minimum absolute atomic E-state index is 0.0538. The van der Waals surface area contributed by atoms with Crippen LogP contribution in [-0.2, 0) is 28.7 Å². The maximum Gasteiger partial charge on any atom is 0.416 e. The van der Waals surface area contributed by atoms with Gasteiger partial charge in [0, 0.05) is 37.7 Å². The molecule has 1 aliphatic carbocycles. The summed E-state index contributed by atoms with van der Waals surface area (Å²) in [6.45, 7) is 7.33. The maximum atomic E-state index is 13.6. The fourth-order valence-corrected chi connectivity index (χ4v) is 5.81. The molecule has 0 fully saturated rings. The van der Waals surface area contributed by atoms with E-state index in [1.54, 1.807) is 30.0 Å². The molecule has 1 unspecified atom stereocenters. The third-order valence-electron chi connectivity index (χ3n) is 7.74. The molecule has 0 aromatic heterocycles. The quantitative estimate of drug-likeness (QED) is 0.276. The molecule has 2 aromatic rings. The molecule has 3 rings (SSSR count). The molecule has 0 heterocycles. The monoisotopic (exact) mass is 585 g/mol. The van der Waals surface area contributed by atoms with Crippen LogP contribution in [0.3, 0.4) is 0 Å². The number of hydrogen-bond acceptors (Lipinski definition) is 4. The number of carbonyl (C=O) groups is 2. The SMILES string of the molecule is CCCN(CCC)C(=O)C1=CC(C)=CC(C(N)=O)([C@H](Cc2cccc(C(F)(F)F)c2)[C@@H](O)CNCc2ccccc2)C1. The molecule has 0 aliphatic heterocycles. The molecule has 0 spiro atoms. The highest BCUT2D eigenvalue weighted by molar-refractivity contribution is 5.97. The number of primary amides is 1. The van der Waals surface area contributed by atoms with Gasteiger partial charge >= 0.3 is 6.18 Å². The zero-order valence-corrected chi connectivity index (χ0v) is 24.6. The average molecular weight is 586 g/mol. The second kappa shape index (κ2) is 14.6. The molecule has 0 saturated heterocycles. The van der Waals surface area contributed by atoms with E-state index in [0.29, 0.717) is 36.3 Å².